The first-order chi connectivity index (χ1) is 7.35. The van der Waals surface area contributed by atoms with Crippen LogP contribution in [0.2, 0.25) is 0 Å². The Morgan fingerprint density at radius 1 is 1.13 bits per heavy atom. The second-order valence-corrected chi connectivity index (χ2v) is 4.65. The molecule has 0 N–H and O–H groups in total. The molecule has 0 aromatic carbocycles. The largest absolute Gasteiger partial charge is 0.453 e. The van der Waals surface area contributed by atoms with Crippen molar-refractivity contribution in [2.24, 2.45) is 0 Å². The van der Waals surface area contributed by atoms with Gasteiger partial charge in [0.05, 0.1) is 4.24 Å². The molecule has 0 saturated heterocycles. The molecule has 0 aliphatic carbocycles. The number of hydrogen-bond donors (Lipinski definition) is 0. The third-order valence-electron chi connectivity index (χ3n) is 1.68. The van der Waals surface area contributed by atoms with Gasteiger partial charge in [0, 0.05) is 0 Å². The molecule has 0 unspecified atom stereocenters. The van der Waals surface area contributed by atoms with E-state index in [0.29, 0.717) is 10.8 Å². The molecule has 72 valence electrons. The zero-order valence-corrected chi connectivity index (χ0v) is 9.06. The fourth-order valence-corrected chi connectivity index (χ4v) is 2.74. The Kier molecular flexibility index (Phi) is 2.86. The van der Waals surface area contributed by atoms with Crippen LogP contribution in [0, 0.1) is 22.7 Å². The predicted octanol–water partition coefficient (Wildman–Crippen LogP) is 1.49. The van der Waals surface area contributed by atoms with Gasteiger partial charge in [0.2, 0.25) is 0 Å². The number of nitrogens with zero attached hydrogens (tertiary/aromatic N) is 2. The van der Waals surface area contributed by atoms with E-state index in [-0.39, 0.29) is 5.57 Å². The standard InChI is InChI=1S/C10H4N2OS2/c11-5-7(6-12)8-1-2-9(13-8)10-14-3-4-15-10/h1-4H. The van der Waals surface area contributed by atoms with Gasteiger partial charge in [0.25, 0.3) is 0 Å². The third kappa shape index (κ3) is 1.94. The third-order valence-corrected chi connectivity index (χ3v) is 3.81. The molecule has 0 spiro atoms. The van der Waals surface area contributed by atoms with E-state index in [1.165, 1.54) is 0 Å². The average Bonchev–Trinajstić information content (AvgIpc) is 2.89. The summed E-state index contributed by atoms with van der Waals surface area (Å²) in [7, 11) is 0. The highest BCUT2D eigenvalue weighted by Gasteiger charge is 2.06. The highest BCUT2D eigenvalue weighted by molar-refractivity contribution is 8.34. The van der Waals surface area contributed by atoms with Crippen molar-refractivity contribution < 1.29 is 4.42 Å². The fourth-order valence-electron chi connectivity index (χ4n) is 1.04. The van der Waals surface area contributed by atoms with Crippen LogP contribution in [0.1, 0.15) is 0 Å². The maximum atomic E-state index is 8.65. The minimum atomic E-state index is 0.00260. The lowest BCUT2D eigenvalue weighted by atomic mass is 10.3. The smallest absolute Gasteiger partial charge is 0.172 e. The predicted molar refractivity (Wildman–Crippen MR) is 60.3 cm³/mol. The Balaban J connectivity index is 2.60. The van der Waals surface area contributed by atoms with Crippen molar-refractivity contribution in [1.29, 1.82) is 10.5 Å². The summed E-state index contributed by atoms with van der Waals surface area (Å²) in [5.74, 6) is 0. The van der Waals surface area contributed by atoms with Crippen molar-refractivity contribution in [3.63, 3.8) is 0 Å². The summed E-state index contributed by atoms with van der Waals surface area (Å²) in [6, 6.07) is 7.00. The summed E-state index contributed by atoms with van der Waals surface area (Å²) < 4.78 is 6.44. The molecule has 1 aliphatic rings. The zero-order valence-electron chi connectivity index (χ0n) is 7.43. The second-order valence-electron chi connectivity index (χ2n) is 2.56. The highest BCUT2D eigenvalue weighted by atomic mass is 32.2. The van der Waals surface area contributed by atoms with Crippen LogP contribution in [0.4, 0.5) is 0 Å². The second kappa shape index (κ2) is 4.31. The Bertz CT molecular complexity index is 587. The van der Waals surface area contributed by atoms with Gasteiger partial charge in [0.15, 0.2) is 11.0 Å². The molecule has 2 heterocycles. The molecule has 15 heavy (non-hydrogen) atoms. The van der Waals surface area contributed by atoms with Crippen molar-refractivity contribution in [2.45, 2.75) is 0 Å². The van der Waals surface area contributed by atoms with Crippen LogP contribution in [-0.2, 0) is 0 Å². The molecule has 5 heteroatoms. The van der Waals surface area contributed by atoms with Crippen LogP contribution in [-0.4, -0.2) is 0 Å². The highest BCUT2D eigenvalue weighted by Crippen LogP contribution is 2.37. The molecule has 3 nitrogen and oxygen atoms in total. The zero-order chi connectivity index (χ0) is 10.7. The van der Waals surface area contributed by atoms with E-state index in [9.17, 15) is 0 Å². The van der Waals surface area contributed by atoms with Gasteiger partial charge in [-0.25, -0.2) is 0 Å². The number of thioether (sulfide) groups is 2. The van der Waals surface area contributed by atoms with Crippen molar-refractivity contribution in [3.8, 4) is 12.1 Å². The normalized spacial score (nSPS) is 13.6. The van der Waals surface area contributed by atoms with Crippen molar-refractivity contribution in [2.75, 3.05) is 0 Å². The van der Waals surface area contributed by atoms with Crippen molar-refractivity contribution >= 4 is 33.3 Å². The molecule has 1 aromatic heterocycles. The molecule has 0 atom stereocenters. The lowest BCUT2D eigenvalue weighted by Gasteiger charge is -1.87. The molecule has 1 aromatic rings. The molecule has 0 radical (unpaired) electrons. The fraction of sp³-hybridized carbons (Fsp3) is 0. The van der Waals surface area contributed by atoms with Crippen LogP contribution >= 0.6 is 23.5 Å². The first-order valence-corrected chi connectivity index (χ1v) is 5.74. The van der Waals surface area contributed by atoms with E-state index in [0.717, 1.165) is 4.24 Å². The number of furan rings is 1. The molecular weight excluding hydrogens is 228 g/mol. The number of nitriles is 2. The molecule has 0 bridgehead atoms. The summed E-state index contributed by atoms with van der Waals surface area (Å²) in [4.78, 5) is 0. The van der Waals surface area contributed by atoms with Crippen LogP contribution in [0.3, 0.4) is 0 Å². The minimum Gasteiger partial charge on any atom is -0.453 e. The van der Waals surface area contributed by atoms with Crippen LogP contribution in [0.25, 0.3) is 9.81 Å². The van der Waals surface area contributed by atoms with Gasteiger partial charge in [-0.2, -0.15) is 10.5 Å². The Labute approximate surface area is 94.4 Å². The maximum absolute atomic E-state index is 8.65. The van der Waals surface area contributed by atoms with Crippen LogP contribution in [0.5, 0.6) is 0 Å². The molecule has 0 fully saturated rings. The maximum Gasteiger partial charge on any atom is 0.172 e. The quantitative estimate of drug-likeness (QED) is 0.678. The summed E-state index contributed by atoms with van der Waals surface area (Å²) in [5, 5.41) is 21.2. The topological polar surface area (TPSA) is 60.7 Å². The van der Waals surface area contributed by atoms with E-state index in [1.807, 2.05) is 10.8 Å². The molecular formula is C10H4N2OS2. The van der Waals surface area contributed by atoms with Gasteiger partial charge in [-0.1, -0.05) is 23.5 Å². The average molecular weight is 232 g/mol. The van der Waals surface area contributed by atoms with E-state index in [1.54, 1.807) is 47.8 Å². The van der Waals surface area contributed by atoms with Crippen LogP contribution in [0.15, 0.2) is 27.4 Å². The molecule has 1 aliphatic heterocycles. The van der Waals surface area contributed by atoms with E-state index >= 15 is 0 Å². The Morgan fingerprint density at radius 2 is 1.80 bits per heavy atom. The summed E-state index contributed by atoms with van der Waals surface area (Å²) in [6.45, 7) is 0. The summed E-state index contributed by atoms with van der Waals surface area (Å²) >= 11 is 3.13. The minimum absolute atomic E-state index is 0.00260. The molecule has 2 rings (SSSR count). The van der Waals surface area contributed by atoms with E-state index in [2.05, 4.69) is 0 Å². The van der Waals surface area contributed by atoms with Crippen LogP contribution < -0.4 is 10.8 Å². The Morgan fingerprint density at radius 3 is 2.40 bits per heavy atom. The Hall–Kier alpha value is -1.56. The lowest BCUT2D eigenvalue weighted by molar-refractivity contribution is 0.501. The van der Waals surface area contributed by atoms with Gasteiger partial charge in [-0.3, -0.25) is 0 Å². The van der Waals surface area contributed by atoms with E-state index < -0.39 is 0 Å². The monoisotopic (exact) mass is 232 g/mol. The molecule has 0 amide bonds. The van der Waals surface area contributed by atoms with Gasteiger partial charge >= 0.3 is 0 Å². The lowest BCUT2D eigenvalue weighted by Crippen LogP contribution is -2.03. The van der Waals surface area contributed by atoms with Gasteiger partial charge in [0.1, 0.15) is 17.6 Å². The first-order valence-electron chi connectivity index (χ1n) is 3.98. The van der Waals surface area contributed by atoms with Gasteiger partial charge < -0.3 is 4.42 Å². The van der Waals surface area contributed by atoms with Gasteiger partial charge in [-0.05, 0) is 22.9 Å². The van der Waals surface area contributed by atoms with Gasteiger partial charge in [-0.15, -0.1) is 0 Å². The summed E-state index contributed by atoms with van der Waals surface area (Å²) in [5.41, 5.74) is 1.03. The SMILES string of the molecule is N#CC(C#N)=c1ccc(=C2SC=CS2)o1. The van der Waals surface area contributed by atoms with Crippen molar-refractivity contribution in [1.82, 2.24) is 0 Å². The van der Waals surface area contributed by atoms with E-state index in [4.69, 9.17) is 14.9 Å². The van der Waals surface area contributed by atoms with Crippen molar-refractivity contribution in [3.05, 3.63) is 33.8 Å². The number of hydrogen-bond acceptors (Lipinski definition) is 5. The molecule has 0 saturated carbocycles. The first kappa shape index (κ1) is 9.97. The number of rotatable bonds is 0. The summed E-state index contributed by atoms with van der Waals surface area (Å²) in [6.07, 6.45) is 0.